The lowest BCUT2D eigenvalue weighted by Gasteiger charge is -2.11. The van der Waals surface area contributed by atoms with Gasteiger partial charge in [0.25, 0.3) is 5.91 Å². The van der Waals surface area contributed by atoms with Crippen LogP contribution in [-0.2, 0) is 6.54 Å². The fraction of sp³-hybridized carbons (Fsp3) is 0.120. The largest absolute Gasteiger partial charge is 0.497 e. The molecular weight excluding hydrogens is 390 g/mol. The predicted molar refractivity (Wildman–Crippen MR) is 122 cm³/mol. The molecule has 1 heterocycles. The molecule has 1 amide bonds. The van der Waals surface area contributed by atoms with Crippen LogP contribution in [0.2, 0.25) is 0 Å². The number of aromatic nitrogens is 2. The summed E-state index contributed by atoms with van der Waals surface area (Å²) in [6.45, 7) is 0.441. The minimum absolute atomic E-state index is 0.200. The first-order chi connectivity index (χ1) is 15.2. The number of carbonyl (C=O) groups excluding carboxylic acids is 1. The van der Waals surface area contributed by atoms with Gasteiger partial charge in [0.05, 0.1) is 36.4 Å². The van der Waals surface area contributed by atoms with Crippen molar-refractivity contribution in [3.05, 3.63) is 89.1 Å². The molecule has 156 valence electrons. The van der Waals surface area contributed by atoms with Crippen LogP contribution in [-0.4, -0.2) is 30.3 Å². The maximum Gasteiger partial charge on any atom is 0.255 e. The molecule has 0 aliphatic carbocycles. The maximum atomic E-state index is 12.9. The third kappa shape index (κ3) is 4.43. The van der Waals surface area contributed by atoms with Gasteiger partial charge in [-0.25, -0.2) is 0 Å². The lowest BCUT2D eigenvalue weighted by atomic mass is 10.1. The van der Waals surface area contributed by atoms with Gasteiger partial charge in [-0.05, 0) is 41.5 Å². The van der Waals surface area contributed by atoms with Crippen molar-refractivity contribution in [2.45, 2.75) is 6.54 Å². The number of carbonyl (C=O) groups is 1. The minimum atomic E-state index is -0.200. The number of hydrogen-bond acceptors (Lipinski definition) is 4. The van der Waals surface area contributed by atoms with Crippen LogP contribution in [0.3, 0.4) is 0 Å². The van der Waals surface area contributed by atoms with Gasteiger partial charge in [0.15, 0.2) is 0 Å². The van der Waals surface area contributed by atoms with Crippen molar-refractivity contribution in [2.75, 3.05) is 14.2 Å². The van der Waals surface area contributed by atoms with Crippen molar-refractivity contribution in [2.24, 2.45) is 0 Å². The van der Waals surface area contributed by atoms with E-state index in [1.54, 1.807) is 20.3 Å². The van der Waals surface area contributed by atoms with Crippen LogP contribution >= 0.6 is 0 Å². The number of nitrogens with zero attached hydrogens (tertiary/aromatic N) is 1. The van der Waals surface area contributed by atoms with Crippen molar-refractivity contribution >= 4 is 29.0 Å². The SMILES string of the molecule is COc1ccc(C=Cc2n[nH]c3ccc(C(=O)NCc4ccccc4)c(OC)c23)cc1. The number of ether oxygens (including phenoxy) is 2. The number of H-pyrrole nitrogens is 1. The van der Waals surface area contributed by atoms with E-state index in [-0.39, 0.29) is 5.91 Å². The van der Waals surface area contributed by atoms with Crippen LogP contribution in [0.5, 0.6) is 11.5 Å². The van der Waals surface area contributed by atoms with Gasteiger partial charge in [-0.3, -0.25) is 9.89 Å². The van der Waals surface area contributed by atoms with Crippen molar-refractivity contribution in [3.63, 3.8) is 0 Å². The van der Waals surface area contributed by atoms with E-state index in [0.29, 0.717) is 23.6 Å². The number of hydrogen-bond donors (Lipinski definition) is 2. The average Bonchev–Trinajstić information content (AvgIpc) is 3.24. The minimum Gasteiger partial charge on any atom is -0.497 e. The molecule has 1 aromatic heterocycles. The average molecular weight is 413 g/mol. The lowest BCUT2D eigenvalue weighted by molar-refractivity contribution is 0.0948. The monoisotopic (exact) mass is 413 g/mol. The van der Waals surface area contributed by atoms with E-state index in [2.05, 4.69) is 15.5 Å². The zero-order valence-corrected chi connectivity index (χ0v) is 17.4. The van der Waals surface area contributed by atoms with E-state index in [1.165, 1.54) is 0 Å². The zero-order chi connectivity index (χ0) is 21.6. The third-order valence-corrected chi connectivity index (χ3v) is 5.00. The molecule has 6 heteroatoms. The van der Waals surface area contributed by atoms with Gasteiger partial charge >= 0.3 is 0 Å². The Hall–Kier alpha value is -4.06. The summed E-state index contributed by atoms with van der Waals surface area (Å²) in [5.74, 6) is 1.09. The molecule has 0 bridgehead atoms. The molecule has 0 saturated heterocycles. The molecule has 0 unspecified atom stereocenters. The van der Waals surface area contributed by atoms with Gasteiger partial charge in [-0.2, -0.15) is 5.10 Å². The molecular formula is C25H23N3O3. The molecule has 0 radical (unpaired) electrons. The molecule has 31 heavy (non-hydrogen) atoms. The van der Waals surface area contributed by atoms with Crippen LogP contribution in [0.15, 0.2) is 66.7 Å². The van der Waals surface area contributed by atoms with Crippen molar-refractivity contribution in [1.82, 2.24) is 15.5 Å². The summed E-state index contributed by atoms with van der Waals surface area (Å²) in [6, 6.07) is 21.1. The Morgan fingerprint density at radius 1 is 0.968 bits per heavy atom. The summed E-state index contributed by atoms with van der Waals surface area (Å²) in [5, 5.41) is 11.1. The van der Waals surface area contributed by atoms with Crippen LogP contribution in [0, 0.1) is 0 Å². The number of nitrogens with one attached hydrogen (secondary N) is 2. The Labute approximate surface area is 180 Å². The van der Waals surface area contributed by atoms with Gasteiger partial charge in [0, 0.05) is 6.54 Å². The van der Waals surface area contributed by atoms with Crippen LogP contribution in [0.1, 0.15) is 27.2 Å². The second-order valence-electron chi connectivity index (χ2n) is 6.95. The van der Waals surface area contributed by atoms with Crippen molar-refractivity contribution in [3.8, 4) is 11.5 Å². The number of methoxy groups -OCH3 is 2. The predicted octanol–water partition coefficient (Wildman–Crippen LogP) is 4.68. The fourth-order valence-electron chi connectivity index (χ4n) is 3.38. The number of rotatable bonds is 7. The number of aromatic amines is 1. The van der Waals surface area contributed by atoms with Crippen LogP contribution in [0.25, 0.3) is 23.1 Å². The summed E-state index contributed by atoms with van der Waals surface area (Å²) >= 11 is 0. The quantitative estimate of drug-likeness (QED) is 0.461. The first-order valence-corrected chi connectivity index (χ1v) is 9.89. The number of fused-ring (bicyclic) bond motifs is 1. The Kier molecular flexibility index (Phi) is 5.98. The molecule has 0 fully saturated rings. The lowest BCUT2D eigenvalue weighted by Crippen LogP contribution is -2.23. The molecule has 4 aromatic rings. The number of amides is 1. The second kappa shape index (κ2) is 9.17. The standard InChI is InChI=1S/C25H23N3O3/c1-30-19-11-8-17(9-12-19)10-14-21-23-22(28-27-21)15-13-20(24(23)31-2)25(29)26-16-18-6-4-3-5-7-18/h3-15H,16H2,1-2H3,(H,26,29)(H,27,28). The maximum absolute atomic E-state index is 12.9. The molecule has 0 aliphatic heterocycles. The van der Waals surface area contributed by atoms with Gasteiger partial charge in [-0.15, -0.1) is 0 Å². The van der Waals surface area contributed by atoms with Gasteiger partial charge in [0.1, 0.15) is 11.5 Å². The molecule has 6 nitrogen and oxygen atoms in total. The molecule has 4 rings (SSSR count). The van der Waals surface area contributed by atoms with E-state index >= 15 is 0 Å². The Morgan fingerprint density at radius 3 is 2.45 bits per heavy atom. The summed E-state index contributed by atoms with van der Waals surface area (Å²) in [7, 11) is 3.20. The molecule has 0 atom stereocenters. The third-order valence-electron chi connectivity index (χ3n) is 5.00. The van der Waals surface area contributed by atoms with Gasteiger partial charge in [-0.1, -0.05) is 48.5 Å². The topological polar surface area (TPSA) is 76.2 Å². The van der Waals surface area contributed by atoms with Crippen molar-refractivity contribution in [1.29, 1.82) is 0 Å². The Balaban J connectivity index is 1.62. The van der Waals surface area contributed by atoms with E-state index in [4.69, 9.17) is 9.47 Å². The zero-order valence-electron chi connectivity index (χ0n) is 17.4. The Bertz CT molecular complexity index is 1210. The highest BCUT2D eigenvalue weighted by Gasteiger charge is 2.18. The Morgan fingerprint density at radius 2 is 1.74 bits per heavy atom. The van der Waals surface area contributed by atoms with Crippen molar-refractivity contribution < 1.29 is 14.3 Å². The molecule has 0 aliphatic rings. The molecule has 0 spiro atoms. The molecule has 2 N–H and O–H groups in total. The highest BCUT2D eigenvalue weighted by Crippen LogP contribution is 2.32. The summed E-state index contributed by atoms with van der Waals surface area (Å²) < 4.78 is 10.8. The second-order valence-corrected chi connectivity index (χ2v) is 6.95. The van der Waals surface area contributed by atoms with E-state index in [9.17, 15) is 4.79 Å². The smallest absolute Gasteiger partial charge is 0.255 e. The summed E-state index contributed by atoms with van der Waals surface area (Å²) in [6.07, 6.45) is 3.85. The van der Waals surface area contributed by atoms with Crippen LogP contribution in [0.4, 0.5) is 0 Å². The normalized spacial score (nSPS) is 11.0. The number of benzene rings is 3. The highest BCUT2D eigenvalue weighted by atomic mass is 16.5. The highest BCUT2D eigenvalue weighted by molar-refractivity contribution is 6.05. The van der Waals surface area contributed by atoms with E-state index < -0.39 is 0 Å². The van der Waals surface area contributed by atoms with Gasteiger partial charge in [0.2, 0.25) is 0 Å². The van der Waals surface area contributed by atoms with E-state index in [0.717, 1.165) is 27.8 Å². The fourth-order valence-corrected chi connectivity index (χ4v) is 3.38. The molecule has 3 aromatic carbocycles. The van der Waals surface area contributed by atoms with E-state index in [1.807, 2.05) is 72.8 Å². The molecule has 0 saturated carbocycles. The first kappa shape index (κ1) is 20.2. The van der Waals surface area contributed by atoms with Crippen LogP contribution < -0.4 is 14.8 Å². The summed E-state index contributed by atoms with van der Waals surface area (Å²) in [5.41, 5.74) is 3.99. The van der Waals surface area contributed by atoms with Gasteiger partial charge < -0.3 is 14.8 Å². The summed E-state index contributed by atoms with van der Waals surface area (Å²) in [4.78, 5) is 12.9. The first-order valence-electron chi connectivity index (χ1n) is 9.89.